The summed E-state index contributed by atoms with van der Waals surface area (Å²) in [4.78, 5) is 2.77. The number of nitrogens with one attached hydrogen (secondary N) is 1. The minimum atomic E-state index is 0.347. The standard InChI is InChI=1S/C19H32N2/c1-5-19(6-2)15-20-18(16(3)4)14-21(19)13-12-17-10-8-7-9-11-17/h7-11,16,18,20H,5-6,12-15H2,1-4H3. The number of rotatable bonds is 6. The SMILES string of the molecule is CCC1(CC)CNC(C(C)C)CN1CCc1ccccc1. The molecule has 118 valence electrons. The molecule has 0 saturated carbocycles. The van der Waals surface area contributed by atoms with Crippen LogP contribution in [0.4, 0.5) is 0 Å². The molecule has 0 spiro atoms. The second kappa shape index (κ2) is 7.42. The van der Waals surface area contributed by atoms with E-state index in [-0.39, 0.29) is 0 Å². The summed E-state index contributed by atoms with van der Waals surface area (Å²) in [7, 11) is 0. The highest BCUT2D eigenvalue weighted by atomic mass is 15.3. The molecule has 1 saturated heterocycles. The molecule has 1 aliphatic heterocycles. The van der Waals surface area contributed by atoms with Crippen LogP contribution in [0.3, 0.4) is 0 Å². The normalized spacial score (nSPS) is 22.6. The zero-order valence-corrected chi connectivity index (χ0v) is 14.2. The molecule has 1 fully saturated rings. The molecule has 0 amide bonds. The quantitative estimate of drug-likeness (QED) is 0.858. The summed E-state index contributed by atoms with van der Waals surface area (Å²) in [6.07, 6.45) is 3.62. The van der Waals surface area contributed by atoms with E-state index in [1.54, 1.807) is 0 Å². The van der Waals surface area contributed by atoms with Crippen molar-refractivity contribution < 1.29 is 0 Å². The molecule has 1 atom stereocenters. The summed E-state index contributed by atoms with van der Waals surface area (Å²) in [5.74, 6) is 0.705. The summed E-state index contributed by atoms with van der Waals surface area (Å²) in [6.45, 7) is 12.9. The predicted molar refractivity (Wildman–Crippen MR) is 91.7 cm³/mol. The van der Waals surface area contributed by atoms with E-state index in [2.05, 4.69) is 68.2 Å². The molecule has 1 aliphatic rings. The summed E-state index contributed by atoms with van der Waals surface area (Å²) in [6, 6.07) is 11.5. The van der Waals surface area contributed by atoms with Gasteiger partial charge < -0.3 is 5.32 Å². The largest absolute Gasteiger partial charge is 0.311 e. The van der Waals surface area contributed by atoms with Crippen molar-refractivity contribution in [3.8, 4) is 0 Å². The Labute approximate surface area is 130 Å². The highest BCUT2D eigenvalue weighted by molar-refractivity contribution is 5.15. The van der Waals surface area contributed by atoms with Crippen molar-refractivity contribution in [3.63, 3.8) is 0 Å². The molecular weight excluding hydrogens is 256 g/mol. The monoisotopic (exact) mass is 288 g/mol. The minimum Gasteiger partial charge on any atom is -0.311 e. The van der Waals surface area contributed by atoms with Crippen molar-refractivity contribution in [2.24, 2.45) is 5.92 Å². The second-order valence-electron chi connectivity index (χ2n) is 6.84. The molecule has 1 heterocycles. The number of hydrogen-bond acceptors (Lipinski definition) is 2. The van der Waals surface area contributed by atoms with Gasteiger partial charge in [-0.3, -0.25) is 4.90 Å². The van der Waals surface area contributed by atoms with E-state index < -0.39 is 0 Å². The van der Waals surface area contributed by atoms with Crippen molar-refractivity contribution in [1.82, 2.24) is 10.2 Å². The van der Waals surface area contributed by atoms with Gasteiger partial charge in [0, 0.05) is 31.2 Å². The minimum absolute atomic E-state index is 0.347. The summed E-state index contributed by atoms with van der Waals surface area (Å²) in [5, 5.41) is 3.80. The van der Waals surface area contributed by atoms with E-state index in [9.17, 15) is 0 Å². The maximum Gasteiger partial charge on any atom is 0.0329 e. The third-order valence-electron chi connectivity index (χ3n) is 5.42. The van der Waals surface area contributed by atoms with Crippen molar-refractivity contribution >= 4 is 0 Å². The molecule has 0 radical (unpaired) electrons. The fourth-order valence-electron chi connectivity index (χ4n) is 3.56. The van der Waals surface area contributed by atoms with Gasteiger partial charge in [-0.25, -0.2) is 0 Å². The average Bonchev–Trinajstić information content (AvgIpc) is 2.53. The molecule has 1 N–H and O–H groups in total. The Kier molecular flexibility index (Phi) is 5.83. The summed E-state index contributed by atoms with van der Waals surface area (Å²) >= 11 is 0. The molecule has 0 bridgehead atoms. The lowest BCUT2D eigenvalue weighted by atomic mass is 9.85. The molecule has 0 aliphatic carbocycles. The molecule has 1 aromatic rings. The fraction of sp³-hybridized carbons (Fsp3) is 0.684. The van der Waals surface area contributed by atoms with Gasteiger partial charge in [0.25, 0.3) is 0 Å². The highest BCUT2D eigenvalue weighted by Crippen LogP contribution is 2.28. The van der Waals surface area contributed by atoms with Crippen LogP contribution < -0.4 is 5.32 Å². The molecule has 2 nitrogen and oxygen atoms in total. The number of piperazine rings is 1. The second-order valence-corrected chi connectivity index (χ2v) is 6.84. The van der Waals surface area contributed by atoms with Crippen LogP contribution >= 0.6 is 0 Å². The topological polar surface area (TPSA) is 15.3 Å². The van der Waals surface area contributed by atoms with Crippen molar-refractivity contribution in [1.29, 1.82) is 0 Å². The van der Waals surface area contributed by atoms with E-state index in [4.69, 9.17) is 0 Å². The molecule has 2 heteroatoms. The maximum absolute atomic E-state index is 3.80. The molecular formula is C19H32N2. The van der Waals surface area contributed by atoms with Crippen molar-refractivity contribution in [3.05, 3.63) is 35.9 Å². The number of nitrogens with zero attached hydrogens (tertiary/aromatic N) is 1. The molecule has 2 rings (SSSR count). The predicted octanol–water partition coefficient (Wildman–Crippen LogP) is 3.72. The lowest BCUT2D eigenvalue weighted by molar-refractivity contribution is 0.0234. The maximum atomic E-state index is 3.80. The van der Waals surface area contributed by atoms with Crippen LogP contribution in [0.2, 0.25) is 0 Å². The van der Waals surface area contributed by atoms with Gasteiger partial charge in [0.2, 0.25) is 0 Å². The Hall–Kier alpha value is -0.860. The Morgan fingerprint density at radius 3 is 2.43 bits per heavy atom. The lowest BCUT2D eigenvalue weighted by Crippen LogP contribution is -2.65. The average molecular weight is 288 g/mol. The van der Waals surface area contributed by atoms with Gasteiger partial charge in [-0.05, 0) is 30.7 Å². The highest BCUT2D eigenvalue weighted by Gasteiger charge is 2.39. The molecule has 21 heavy (non-hydrogen) atoms. The van der Waals surface area contributed by atoms with E-state index in [1.807, 2.05) is 0 Å². The van der Waals surface area contributed by atoms with Crippen molar-refractivity contribution in [2.75, 3.05) is 19.6 Å². The van der Waals surface area contributed by atoms with Crippen LogP contribution in [0.15, 0.2) is 30.3 Å². The fourth-order valence-corrected chi connectivity index (χ4v) is 3.56. The van der Waals surface area contributed by atoms with Crippen LogP contribution in [0.1, 0.15) is 46.1 Å². The Balaban J connectivity index is 2.06. The van der Waals surface area contributed by atoms with Crippen LogP contribution in [0.5, 0.6) is 0 Å². The first-order chi connectivity index (χ1) is 10.1. The van der Waals surface area contributed by atoms with Crippen LogP contribution in [0, 0.1) is 5.92 Å². The molecule has 1 aromatic carbocycles. The van der Waals surface area contributed by atoms with Crippen LogP contribution in [0.25, 0.3) is 0 Å². The number of hydrogen-bond donors (Lipinski definition) is 1. The van der Waals surface area contributed by atoms with Gasteiger partial charge in [0.1, 0.15) is 0 Å². The smallest absolute Gasteiger partial charge is 0.0329 e. The Morgan fingerprint density at radius 1 is 1.19 bits per heavy atom. The van der Waals surface area contributed by atoms with Gasteiger partial charge >= 0.3 is 0 Å². The van der Waals surface area contributed by atoms with E-state index >= 15 is 0 Å². The first kappa shape index (κ1) is 16.5. The summed E-state index contributed by atoms with van der Waals surface area (Å²) in [5.41, 5.74) is 1.80. The third-order valence-corrected chi connectivity index (χ3v) is 5.42. The van der Waals surface area contributed by atoms with Crippen LogP contribution in [-0.4, -0.2) is 36.1 Å². The van der Waals surface area contributed by atoms with Gasteiger partial charge in [0.15, 0.2) is 0 Å². The van der Waals surface area contributed by atoms with Crippen LogP contribution in [-0.2, 0) is 6.42 Å². The van der Waals surface area contributed by atoms with E-state index in [1.165, 1.54) is 31.5 Å². The zero-order valence-electron chi connectivity index (χ0n) is 14.2. The van der Waals surface area contributed by atoms with Crippen molar-refractivity contribution in [2.45, 2.75) is 58.5 Å². The molecule has 0 aromatic heterocycles. The van der Waals surface area contributed by atoms with Gasteiger partial charge in [-0.2, -0.15) is 0 Å². The third kappa shape index (κ3) is 3.87. The van der Waals surface area contributed by atoms with Gasteiger partial charge in [-0.1, -0.05) is 58.0 Å². The lowest BCUT2D eigenvalue weighted by Gasteiger charge is -2.50. The van der Waals surface area contributed by atoms with Gasteiger partial charge in [-0.15, -0.1) is 0 Å². The zero-order chi connectivity index (χ0) is 15.3. The first-order valence-electron chi connectivity index (χ1n) is 8.63. The van der Waals surface area contributed by atoms with E-state index in [0.717, 1.165) is 13.0 Å². The first-order valence-corrected chi connectivity index (χ1v) is 8.63. The Bertz CT molecular complexity index is 409. The Morgan fingerprint density at radius 2 is 1.86 bits per heavy atom. The summed E-state index contributed by atoms with van der Waals surface area (Å²) < 4.78 is 0. The number of benzene rings is 1. The van der Waals surface area contributed by atoms with Gasteiger partial charge in [0.05, 0.1) is 0 Å². The molecule has 1 unspecified atom stereocenters. The van der Waals surface area contributed by atoms with E-state index in [0.29, 0.717) is 17.5 Å².